The molecule has 0 spiro atoms. The standard InChI is InChI=1S/C13H16FN3O/c1-8-13(9(2)17(3)16-8)15-7-10-4-11(14)6-12(18)5-10/h4-6,15,18H,7H2,1-3H3. The van der Waals surface area contributed by atoms with Crippen LogP contribution in [0.5, 0.6) is 5.75 Å². The van der Waals surface area contributed by atoms with Gasteiger partial charge in [0.25, 0.3) is 0 Å². The van der Waals surface area contributed by atoms with Crippen molar-refractivity contribution in [2.75, 3.05) is 5.32 Å². The first kappa shape index (κ1) is 12.4. The zero-order chi connectivity index (χ0) is 13.3. The molecule has 0 fully saturated rings. The van der Waals surface area contributed by atoms with Crippen molar-refractivity contribution in [3.05, 3.63) is 41.0 Å². The Morgan fingerprint density at radius 2 is 2.06 bits per heavy atom. The molecule has 1 aromatic heterocycles. The van der Waals surface area contributed by atoms with E-state index in [2.05, 4.69) is 10.4 Å². The number of nitrogens with one attached hydrogen (secondary N) is 1. The molecule has 0 saturated carbocycles. The first-order valence-corrected chi connectivity index (χ1v) is 5.70. The van der Waals surface area contributed by atoms with Crippen LogP contribution in [-0.2, 0) is 13.6 Å². The van der Waals surface area contributed by atoms with Crippen molar-refractivity contribution in [1.82, 2.24) is 9.78 Å². The van der Waals surface area contributed by atoms with Gasteiger partial charge in [-0.05, 0) is 31.5 Å². The van der Waals surface area contributed by atoms with Gasteiger partial charge < -0.3 is 10.4 Å². The summed E-state index contributed by atoms with van der Waals surface area (Å²) in [6.45, 7) is 4.32. The molecule has 0 amide bonds. The van der Waals surface area contributed by atoms with Crippen LogP contribution in [-0.4, -0.2) is 14.9 Å². The highest BCUT2D eigenvalue weighted by molar-refractivity contribution is 5.52. The van der Waals surface area contributed by atoms with Crippen LogP contribution in [0, 0.1) is 19.7 Å². The van der Waals surface area contributed by atoms with Gasteiger partial charge in [0, 0.05) is 19.7 Å². The predicted molar refractivity (Wildman–Crippen MR) is 68.1 cm³/mol. The monoisotopic (exact) mass is 249 g/mol. The highest BCUT2D eigenvalue weighted by Gasteiger charge is 2.09. The third-order valence-corrected chi connectivity index (χ3v) is 2.92. The first-order chi connectivity index (χ1) is 8.47. The number of aryl methyl sites for hydroxylation is 2. The zero-order valence-electron chi connectivity index (χ0n) is 10.7. The van der Waals surface area contributed by atoms with Gasteiger partial charge in [-0.3, -0.25) is 4.68 Å². The third kappa shape index (κ3) is 2.45. The Morgan fingerprint density at radius 3 is 2.61 bits per heavy atom. The number of rotatable bonds is 3. The minimum atomic E-state index is -0.438. The number of phenols is 1. The van der Waals surface area contributed by atoms with Gasteiger partial charge in [-0.1, -0.05) is 0 Å². The third-order valence-electron chi connectivity index (χ3n) is 2.92. The van der Waals surface area contributed by atoms with Crippen molar-refractivity contribution in [3.63, 3.8) is 0 Å². The molecule has 2 N–H and O–H groups in total. The topological polar surface area (TPSA) is 50.1 Å². The average Bonchev–Trinajstić information content (AvgIpc) is 2.50. The lowest BCUT2D eigenvalue weighted by Crippen LogP contribution is -2.02. The second-order valence-corrected chi connectivity index (χ2v) is 4.34. The van der Waals surface area contributed by atoms with E-state index in [1.54, 1.807) is 4.68 Å². The average molecular weight is 249 g/mol. The largest absolute Gasteiger partial charge is 0.508 e. The van der Waals surface area contributed by atoms with Crippen LogP contribution in [0.25, 0.3) is 0 Å². The molecule has 5 heteroatoms. The summed E-state index contributed by atoms with van der Waals surface area (Å²) in [7, 11) is 1.88. The van der Waals surface area contributed by atoms with Crippen LogP contribution in [0.15, 0.2) is 18.2 Å². The second-order valence-electron chi connectivity index (χ2n) is 4.34. The molecule has 0 unspecified atom stereocenters. The fraction of sp³-hybridized carbons (Fsp3) is 0.308. The number of anilines is 1. The van der Waals surface area contributed by atoms with Crippen LogP contribution in [0.1, 0.15) is 17.0 Å². The number of aromatic nitrogens is 2. The van der Waals surface area contributed by atoms with Gasteiger partial charge in [0.2, 0.25) is 0 Å². The molecular weight excluding hydrogens is 233 g/mol. The van der Waals surface area contributed by atoms with E-state index >= 15 is 0 Å². The Labute approximate surface area is 105 Å². The van der Waals surface area contributed by atoms with Crippen molar-refractivity contribution >= 4 is 5.69 Å². The predicted octanol–water partition coefficient (Wildman–Crippen LogP) is 2.49. The number of phenolic OH excluding ortho intramolecular Hbond substituents is 1. The van der Waals surface area contributed by atoms with Crippen LogP contribution >= 0.6 is 0 Å². The van der Waals surface area contributed by atoms with Crippen LogP contribution in [0.4, 0.5) is 10.1 Å². The summed E-state index contributed by atoms with van der Waals surface area (Å²) in [4.78, 5) is 0. The summed E-state index contributed by atoms with van der Waals surface area (Å²) >= 11 is 0. The van der Waals surface area contributed by atoms with Crippen molar-refractivity contribution < 1.29 is 9.50 Å². The maximum atomic E-state index is 13.1. The summed E-state index contributed by atoms with van der Waals surface area (Å²) < 4.78 is 14.9. The molecule has 1 aromatic carbocycles. The minimum absolute atomic E-state index is 0.0635. The summed E-state index contributed by atoms with van der Waals surface area (Å²) in [5.41, 5.74) is 3.56. The molecular formula is C13H16FN3O. The van der Waals surface area contributed by atoms with Gasteiger partial charge >= 0.3 is 0 Å². The Kier molecular flexibility index (Phi) is 3.23. The molecule has 2 aromatic rings. The van der Waals surface area contributed by atoms with E-state index in [9.17, 15) is 9.50 Å². The van der Waals surface area contributed by atoms with E-state index in [1.807, 2.05) is 20.9 Å². The zero-order valence-corrected chi connectivity index (χ0v) is 10.7. The van der Waals surface area contributed by atoms with Crippen molar-refractivity contribution in [2.24, 2.45) is 7.05 Å². The van der Waals surface area contributed by atoms with Gasteiger partial charge in [0.05, 0.1) is 17.1 Å². The maximum Gasteiger partial charge on any atom is 0.127 e. The van der Waals surface area contributed by atoms with Crippen molar-refractivity contribution in [3.8, 4) is 5.75 Å². The Morgan fingerprint density at radius 1 is 1.33 bits per heavy atom. The highest BCUT2D eigenvalue weighted by Crippen LogP contribution is 2.20. The quantitative estimate of drug-likeness (QED) is 0.878. The SMILES string of the molecule is Cc1nn(C)c(C)c1NCc1cc(O)cc(F)c1. The highest BCUT2D eigenvalue weighted by atomic mass is 19.1. The fourth-order valence-electron chi connectivity index (χ4n) is 1.96. The van der Waals surface area contributed by atoms with Gasteiger partial charge in [-0.15, -0.1) is 0 Å². The molecule has 18 heavy (non-hydrogen) atoms. The number of aromatic hydroxyl groups is 1. The molecule has 1 heterocycles. The molecule has 0 aliphatic rings. The lowest BCUT2D eigenvalue weighted by Gasteiger charge is -2.07. The molecule has 0 bridgehead atoms. The number of benzene rings is 1. The van der Waals surface area contributed by atoms with Crippen molar-refractivity contribution in [2.45, 2.75) is 20.4 Å². The van der Waals surface area contributed by atoms with E-state index in [1.165, 1.54) is 12.1 Å². The Balaban J connectivity index is 2.16. The normalized spacial score (nSPS) is 10.7. The number of hydrogen-bond acceptors (Lipinski definition) is 3. The maximum absolute atomic E-state index is 13.1. The molecule has 0 radical (unpaired) electrons. The van der Waals surface area contributed by atoms with Crippen LogP contribution in [0.3, 0.4) is 0 Å². The van der Waals surface area contributed by atoms with Crippen molar-refractivity contribution in [1.29, 1.82) is 0 Å². The smallest absolute Gasteiger partial charge is 0.127 e. The minimum Gasteiger partial charge on any atom is -0.508 e. The van der Waals surface area contributed by atoms with Gasteiger partial charge in [0.1, 0.15) is 11.6 Å². The summed E-state index contributed by atoms with van der Waals surface area (Å²) in [5.74, 6) is -0.502. The van der Waals surface area contributed by atoms with Gasteiger partial charge in [-0.25, -0.2) is 4.39 Å². The molecule has 2 rings (SSSR count). The Bertz CT molecular complexity index is 558. The number of hydrogen-bond donors (Lipinski definition) is 2. The van der Waals surface area contributed by atoms with E-state index < -0.39 is 5.82 Å². The van der Waals surface area contributed by atoms with E-state index in [4.69, 9.17) is 0 Å². The summed E-state index contributed by atoms with van der Waals surface area (Å²) in [5, 5.41) is 16.8. The fourth-order valence-corrected chi connectivity index (χ4v) is 1.96. The van der Waals surface area contributed by atoms with E-state index in [0.717, 1.165) is 23.1 Å². The van der Waals surface area contributed by atoms with Crippen LogP contribution in [0.2, 0.25) is 0 Å². The molecule has 0 saturated heterocycles. The summed E-state index contributed by atoms with van der Waals surface area (Å²) in [6, 6.07) is 4.02. The number of halogens is 1. The van der Waals surface area contributed by atoms with Crippen LogP contribution < -0.4 is 5.32 Å². The molecule has 96 valence electrons. The molecule has 0 aliphatic heterocycles. The second kappa shape index (κ2) is 4.68. The number of nitrogens with zero attached hydrogens (tertiary/aromatic N) is 2. The molecule has 0 aliphatic carbocycles. The lowest BCUT2D eigenvalue weighted by molar-refractivity contribution is 0.468. The lowest BCUT2D eigenvalue weighted by atomic mass is 10.2. The summed E-state index contributed by atoms with van der Waals surface area (Å²) in [6.07, 6.45) is 0. The van der Waals surface area contributed by atoms with Gasteiger partial charge in [0.15, 0.2) is 0 Å². The molecule has 4 nitrogen and oxygen atoms in total. The van der Waals surface area contributed by atoms with E-state index in [-0.39, 0.29) is 5.75 Å². The molecule has 0 atom stereocenters. The van der Waals surface area contributed by atoms with Gasteiger partial charge in [-0.2, -0.15) is 5.10 Å². The van der Waals surface area contributed by atoms with E-state index in [0.29, 0.717) is 12.1 Å². The first-order valence-electron chi connectivity index (χ1n) is 5.70. The Hall–Kier alpha value is -2.04.